The molecule has 0 bridgehead atoms. The topological polar surface area (TPSA) is 21.1 Å². The summed E-state index contributed by atoms with van der Waals surface area (Å²) in [6.07, 6.45) is 0. The Morgan fingerprint density at radius 1 is 0.488 bits per heavy atom. The molecule has 1 aromatic heterocycles. The standard InChI is InChI=1S/C40H25N3/c1-42-34-20-9-19-33-39(34)43(40(41-33)25-10-3-2-4-11-25)35-21-8-18-32(38(35)42)26-22-23-31-29-15-6-13-24-12-5-14-28(36(24)29)30-17-7-16-27(26)37(30)31/h2-23H,1H3. The average molecular weight is 548 g/mol. The Morgan fingerprint density at radius 3 is 1.95 bits per heavy atom. The van der Waals surface area contributed by atoms with Gasteiger partial charge in [0.05, 0.1) is 28.1 Å². The van der Waals surface area contributed by atoms with E-state index in [-0.39, 0.29) is 0 Å². The summed E-state index contributed by atoms with van der Waals surface area (Å²) in [5, 5.41) is 10.5. The van der Waals surface area contributed by atoms with Gasteiger partial charge in [0.15, 0.2) is 0 Å². The summed E-state index contributed by atoms with van der Waals surface area (Å²) in [6, 6.07) is 48.6. The fraction of sp³-hybridized carbons (Fsp3) is 0.0250. The molecule has 0 atom stereocenters. The van der Waals surface area contributed by atoms with E-state index < -0.39 is 0 Å². The van der Waals surface area contributed by atoms with Gasteiger partial charge in [-0.3, -0.25) is 4.57 Å². The molecule has 0 saturated carbocycles. The maximum atomic E-state index is 5.16. The molecule has 1 aliphatic heterocycles. The van der Waals surface area contributed by atoms with E-state index in [0.29, 0.717) is 0 Å². The van der Waals surface area contributed by atoms with Crippen LogP contribution in [0.5, 0.6) is 0 Å². The number of anilines is 2. The van der Waals surface area contributed by atoms with Crippen molar-refractivity contribution in [2.24, 2.45) is 0 Å². The summed E-state index contributed by atoms with van der Waals surface area (Å²) in [6.45, 7) is 0. The molecule has 0 aliphatic carbocycles. The van der Waals surface area contributed by atoms with Crippen LogP contribution in [0.25, 0.3) is 82.3 Å². The summed E-state index contributed by atoms with van der Waals surface area (Å²) in [4.78, 5) is 7.51. The first kappa shape index (κ1) is 23.0. The largest absolute Gasteiger partial charge is 0.341 e. The lowest BCUT2D eigenvalue weighted by Crippen LogP contribution is -2.19. The zero-order valence-electron chi connectivity index (χ0n) is 23.5. The highest BCUT2D eigenvalue weighted by Crippen LogP contribution is 2.50. The zero-order valence-corrected chi connectivity index (χ0v) is 23.5. The van der Waals surface area contributed by atoms with Gasteiger partial charge in [0.1, 0.15) is 5.82 Å². The third-order valence-corrected chi connectivity index (χ3v) is 9.46. The highest BCUT2D eigenvalue weighted by molar-refractivity contribution is 6.34. The van der Waals surface area contributed by atoms with Crippen molar-refractivity contribution in [3.05, 3.63) is 133 Å². The van der Waals surface area contributed by atoms with Crippen LogP contribution in [0, 0.1) is 0 Å². The Labute approximate surface area is 248 Å². The van der Waals surface area contributed by atoms with Gasteiger partial charge in [0.2, 0.25) is 0 Å². The van der Waals surface area contributed by atoms with Crippen molar-refractivity contribution in [1.82, 2.24) is 9.55 Å². The van der Waals surface area contributed by atoms with Crippen molar-refractivity contribution < 1.29 is 0 Å². The second-order valence-corrected chi connectivity index (χ2v) is 11.6. The van der Waals surface area contributed by atoms with Crippen LogP contribution in [0.4, 0.5) is 11.4 Å². The van der Waals surface area contributed by atoms with Crippen LogP contribution in [0.1, 0.15) is 0 Å². The van der Waals surface area contributed by atoms with Gasteiger partial charge in [-0.15, -0.1) is 0 Å². The molecule has 43 heavy (non-hydrogen) atoms. The maximum absolute atomic E-state index is 5.16. The van der Waals surface area contributed by atoms with E-state index in [2.05, 4.69) is 150 Å². The molecule has 2 heterocycles. The molecule has 3 nitrogen and oxygen atoms in total. The van der Waals surface area contributed by atoms with Crippen LogP contribution in [0.2, 0.25) is 0 Å². The van der Waals surface area contributed by atoms with Gasteiger partial charge in [-0.2, -0.15) is 0 Å². The monoisotopic (exact) mass is 547 g/mol. The molecular formula is C40H25N3. The Bertz CT molecular complexity index is 2520. The number of para-hydroxylation sites is 2. The predicted octanol–water partition coefficient (Wildman–Crippen LogP) is 10.5. The molecule has 0 fully saturated rings. The highest BCUT2D eigenvalue weighted by Gasteiger charge is 2.29. The van der Waals surface area contributed by atoms with Crippen molar-refractivity contribution in [3.8, 4) is 28.2 Å². The van der Waals surface area contributed by atoms with E-state index >= 15 is 0 Å². The van der Waals surface area contributed by atoms with Gasteiger partial charge in [0.25, 0.3) is 0 Å². The minimum atomic E-state index is 0.969. The predicted molar refractivity (Wildman–Crippen MR) is 181 cm³/mol. The van der Waals surface area contributed by atoms with Gasteiger partial charge in [-0.1, -0.05) is 115 Å². The molecule has 9 aromatic rings. The third kappa shape index (κ3) is 2.91. The molecule has 1 aliphatic rings. The summed E-state index contributed by atoms with van der Waals surface area (Å²) >= 11 is 0. The smallest absolute Gasteiger partial charge is 0.145 e. The van der Waals surface area contributed by atoms with E-state index in [1.54, 1.807) is 0 Å². The fourth-order valence-electron chi connectivity index (χ4n) is 7.68. The fourth-order valence-corrected chi connectivity index (χ4v) is 7.68. The van der Waals surface area contributed by atoms with Crippen LogP contribution in [-0.2, 0) is 0 Å². The molecule has 10 rings (SSSR count). The molecule has 0 radical (unpaired) electrons. The van der Waals surface area contributed by atoms with Gasteiger partial charge < -0.3 is 4.90 Å². The second kappa shape index (κ2) is 8.21. The summed E-state index contributed by atoms with van der Waals surface area (Å²) in [7, 11) is 2.19. The normalized spacial score (nSPS) is 12.7. The number of rotatable bonds is 2. The minimum Gasteiger partial charge on any atom is -0.341 e. The van der Waals surface area contributed by atoms with Crippen LogP contribution in [-0.4, -0.2) is 16.6 Å². The van der Waals surface area contributed by atoms with Crippen molar-refractivity contribution in [2.45, 2.75) is 0 Å². The first-order valence-electron chi connectivity index (χ1n) is 14.8. The van der Waals surface area contributed by atoms with Crippen molar-refractivity contribution in [3.63, 3.8) is 0 Å². The average Bonchev–Trinajstić information content (AvgIpc) is 3.46. The molecule has 200 valence electrons. The Kier molecular flexibility index (Phi) is 4.38. The lowest BCUT2D eigenvalue weighted by atomic mass is 9.86. The van der Waals surface area contributed by atoms with E-state index in [4.69, 9.17) is 4.98 Å². The second-order valence-electron chi connectivity index (χ2n) is 11.6. The Morgan fingerprint density at radius 2 is 1.14 bits per heavy atom. The van der Waals surface area contributed by atoms with Gasteiger partial charge >= 0.3 is 0 Å². The van der Waals surface area contributed by atoms with E-state index in [0.717, 1.165) is 33.8 Å². The molecular weight excluding hydrogens is 522 g/mol. The highest BCUT2D eigenvalue weighted by atomic mass is 15.2. The van der Waals surface area contributed by atoms with Crippen LogP contribution < -0.4 is 4.90 Å². The summed E-state index contributed by atoms with van der Waals surface area (Å²) in [5.41, 5.74) is 9.23. The molecule has 0 saturated heterocycles. The Balaban J connectivity index is 1.31. The molecule has 0 unspecified atom stereocenters. The van der Waals surface area contributed by atoms with Gasteiger partial charge in [-0.05, 0) is 66.9 Å². The lowest BCUT2D eigenvalue weighted by molar-refractivity contribution is 1.05. The van der Waals surface area contributed by atoms with Crippen molar-refractivity contribution in [2.75, 3.05) is 11.9 Å². The van der Waals surface area contributed by atoms with E-state index in [1.807, 2.05) is 0 Å². The zero-order chi connectivity index (χ0) is 28.2. The molecule has 0 N–H and O–H groups in total. The lowest BCUT2D eigenvalue weighted by Gasteiger charge is -2.32. The van der Waals surface area contributed by atoms with E-state index in [1.165, 1.54) is 59.9 Å². The quantitative estimate of drug-likeness (QED) is 0.159. The number of benzene rings is 8. The molecule has 3 heteroatoms. The first-order chi connectivity index (χ1) is 21.3. The molecule has 0 spiro atoms. The number of aromatic nitrogens is 2. The molecule has 0 amide bonds. The van der Waals surface area contributed by atoms with Crippen molar-refractivity contribution >= 4 is 65.5 Å². The molecule has 8 aromatic carbocycles. The van der Waals surface area contributed by atoms with Gasteiger partial charge in [-0.25, -0.2) is 4.98 Å². The summed E-state index contributed by atoms with van der Waals surface area (Å²) in [5.74, 6) is 0.969. The maximum Gasteiger partial charge on any atom is 0.145 e. The van der Waals surface area contributed by atoms with Crippen LogP contribution >= 0.6 is 0 Å². The first-order valence-corrected chi connectivity index (χ1v) is 14.8. The van der Waals surface area contributed by atoms with Crippen LogP contribution in [0.15, 0.2) is 133 Å². The third-order valence-electron chi connectivity index (χ3n) is 9.46. The number of hydrogen-bond donors (Lipinski definition) is 0. The van der Waals surface area contributed by atoms with E-state index in [9.17, 15) is 0 Å². The number of fused-ring (bicyclic) bond motifs is 4. The van der Waals surface area contributed by atoms with Gasteiger partial charge in [0, 0.05) is 18.2 Å². The number of imidazole rings is 1. The van der Waals surface area contributed by atoms with Crippen LogP contribution in [0.3, 0.4) is 0 Å². The summed E-state index contributed by atoms with van der Waals surface area (Å²) < 4.78 is 2.36. The van der Waals surface area contributed by atoms with Crippen molar-refractivity contribution in [1.29, 1.82) is 0 Å². The number of nitrogens with zero attached hydrogens (tertiary/aromatic N) is 3. The SMILES string of the molecule is CN1c2c(-c3ccc4c5cccc6cccc(c7cccc3c74)c65)cccc2-n2c(-c3ccccc3)nc3cccc1c32. The number of hydrogen-bond acceptors (Lipinski definition) is 2. The Hall–Kier alpha value is -5.67. The minimum absolute atomic E-state index is 0.969.